The molecule has 0 spiro atoms. The molecule has 0 radical (unpaired) electrons. The first-order valence-electron chi connectivity index (χ1n) is 8.34. The summed E-state index contributed by atoms with van der Waals surface area (Å²) in [5, 5.41) is 3.23. The first-order valence-corrected chi connectivity index (χ1v) is 8.72. The van der Waals surface area contributed by atoms with Crippen LogP contribution >= 0.6 is 11.6 Å². The summed E-state index contributed by atoms with van der Waals surface area (Å²) in [4.78, 5) is 24.3. The van der Waals surface area contributed by atoms with Gasteiger partial charge in [-0.15, -0.1) is 0 Å². The number of hydrogen-bond acceptors (Lipinski definition) is 4. The van der Waals surface area contributed by atoms with E-state index in [1.807, 2.05) is 24.3 Å². The van der Waals surface area contributed by atoms with Crippen LogP contribution in [0, 0.1) is 0 Å². The summed E-state index contributed by atoms with van der Waals surface area (Å²) >= 11 is 5.95. The topological polar surface area (TPSA) is 64.6 Å². The Kier molecular flexibility index (Phi) is 7.04. The van der Waals surface area contributed by atoms with Gasteiger partial charge >= 0.3 is 5.97 Å². The summed E-state index contributed by atoms with van der Waals surface area (Å²) in [5.74, 6) is -0.380. The minimum absolute atomic E-state index is 0.0352. The molecule has 5 nitrogen and oxygen atoms in total. The van der Waals surface area contributed by atoms with Gasteiger partial charge in [-0.25, -0.2) is 0 Å². The maximum atomic E-state index is 12.2. The Bertz CT molecular complexity index is 774. The molecular weight excluding hydrogens is 354 g/mol. The molecule has 138 valence electrons. The van der Waals surface area contributed by atoms with Crippen LogP contribution in [-0.2, 0) is 27.2 Å². The standard InChI is InChI=1S/C20H22ClNO4/c1-4-14-5-8-17(9-6-14)22-20(24)13(2)26-19(23)12-15-11-16(21)7-10-18(15)25-3/h5-11,13H,4,12H2,1-3H3,(H,22,24)/t13-/m1/s1. The molecule has 0 aromatic heterocycles. The summed E-state index contributed by atoms with van der Waals surface area (Å²) in [6.45, 7) is 3.59. The monoisotopic (exact) mass is 375 g/mol. The first-order chi connectivity index (χ1) is 12.4. The molecule has 1 amide bonds. The largest absolute Gasteiger partial charge is 0.496 e. The van der Waals surface area contributed by atoms with E-state index in [9.17, 15) is 9.59 Å². The Hall–Kier alpha value is -2.53. The van der Waals surface area contributed by atoms with Crippen molar-refractivity contribution in [1.29, 1.82) is 0 Å². The number of amides is 1. The van der Waals surface area contributed by atoms with Crippen molar-refractivity contribution in [2.24, 2.45) is 0 Å². The number of hydrogen-bond donors (Lipinski definition) is 1. The minimum atomic E-state index is -0.918. The third kappa shape index (κ3) is 5.49. The molecule has 0 saturated heterocycles. The maximum absolute atomic E-state index is 12.2. The summed E-state index contributed by atoms with van der Waals surface area (Å²) in [7, 11) is 1.51. The molecule has 0 fully saturated rings. The number of anilines is 1. The zero-order valence-electron chi connectivity index (χ0n) is 15.0. The van der Waals surface area contributed by atoms with Crippen LogP contribution in [0.2, 0.25) is 5.02 Å². The third-order valence-electron chi connectivity index (χ3n) is 3.88. The molecule has 0 bridgehead atoms. The number of carbonyl (C=O) groups is 2. The van der Waals surface area contributed by atoms with Crippen LogP contribution in [0.3, 0.4) is 0 Å². The van der Waals surface area contributed by atoms with Crippen molar-refractivity contribution in [2.75, 3.05) is 12.4 Å². The molecule has 2 aromatic carbocycles. The molecule has 0 aliphatic heterocycles. The van der Waals surface area contributed by atoms with Gasteiger partial charge in [0.25, 0.3) is 5.91 Å². The number of nitrogens with one attached hydrogen (secondary N) is 1. The molecule has 2 aromatic rings. The van der Waals surface area contributed by atoms with E-state index in [0.29, 0.717) is 22.0 Å². The predicted molar refractivity (Wildman–Crippen MR) is 102 cm³/mol. The fraction of sp³-hybridized carbons (Fsp3) is 0.300. The third-order valence-corrected chi connectivity index (χ3v) is 4.12. The molecule has 2 rings (SSSR count). The molecule has 26 heavy (non-hydrogen) atoms. The van der Waals surface area contributed by atoms with E-state index in [4.69, 9.17) is 21.1 Å². The highest BCUT2D eigenvalue weighted by Gasteiger charge is 2.19. The molecule has 1 atom stereocenters. The summed E-state index contributed by atoms with van der Waals surface area (Å²) in [5.41, 5.74) is 2.44. The fourth-order valence-electron chi connectivity index (χ4n) is 2.40. The molecule has 0 aliphatic carbocycles. The smallest absolute Gasteiger partial charge is 0.311 e. The first kappa shape index (κ1) is 19.8. The highest BCUT2D eigenvalue weighted by Crippen LogP contribution is 2.23. The van der Waals surface area contributed by atoms with Gasteiger partial charge in [0.2, 0.25) is 0 Å². The highest BCUT2D eigenvalue weighted by atomic mass is 35.5. The Morgan fingerprint density at radius 3 is 2.46 bits per heavy atom. The van der Waals surface area contributed by atoms with E-state index in [2.05, 4.69) is 12.2 Å². The van der Waals surface area contributed by atoms with Crippen LogP contribution in [-0.4, -0.2) is 25.1 Å². The SMILES string of the molecule is CCc1ccc(NC(=O)[C@@H](C)OC(=O)Cc2cc(Cl)ccc2OC)cc1. The average Bonchev–Trinajstić information content (AvgIpc) is 2.62. The van der Waals surface area contributed by atoms with Crippen LogP contribution in [0.25, 0.3) is 0 Å². The second-order valence-electron chi connectivity index (χ2n) is 5.80. The Morgan fingerprint density at radius 2 is 1.85 bits per heavy atom. The maximum Gasteiger partial charge on any atom is 0.311 e. The number of ether oxygens (including phenoxy) is 2. The van der Waals surface area contributed by atoms with E-state index < -0.39 is 12.1 Å². The number of rotatable bonds is 7. The fourth-order valence-corrected chi connectivity index (χ4v) is 2.60. The van der Waals surface area contributed by atoms with Gasteiger partial charge in [-0.2, -0.15) is 0 Å². The summed E-state index contributed by atoms with van der Waals surface area (Å²) in [6.07, 6.45) is -0.0274. The van der Waals surface area contributed by atoms with Gasteiger partial charge in [-0.05, 0) is 49.2 Å². The summed E-state index contributed by atoms with van der Waals surface area (Å²) < 4.78 is 10.4. The normalized spacial score (nSPS) is 11.5. The number of methoxy groups -OCH3 is 1. The Morgan fingerprint density at radius 1 is 1.15 bits per heavy atom. The van der Waals surface area contributed by atoms with E-state index in [1.54, 1.807) is 18.2 Å². The lowest BCUT2D eigenvalue weighted by atomic mass is 10.1. The van der Waals surface area contributed by atoms with Gasteiger partial charge in [0.05, 0.1) is 13.5 Å². The lowest BCUT2D eigenvalue weighted by Crippen LogP contribution is -2.30. The van der Waals surface area contributed by atoms with Crippen molar-refractivity contribution in [3.05, 3.63) is 58.6 Å². The molecular formula is C20H22ClNO4. The van der Waals surface area contributed by atoms with Crippen LogP contribution in [0.5, 0.6) is 5.75 Å². The number of halogens is 1. The zero-order chi connectivity index (χ0) is 19.1. The lowest BCUT2D eigenvalue weighted by Gasteiger charge is -2.14. The number of aryl methyl sites for hydroxylation is 1. The second kappa shape index (κ2) is 9.25. The Balaban J connectivity index is 1.93. The molecule has 6 heteroatoms. The highest BCUT2D eigenvalue weighted by molar-refractivity contribution is 6.30. The number of esters is 1. The van der Waals surface area contributed by atoms with Crippen molar-refractivity contribution in [3.8, 4) is 5.75 Å². The van der Waals surface area contributed by atoms with Gasteiger partial charge in [0.15, 0.2) is 6.10 Å². The van der Waals surface area contributed by atoms with E-state index >= 15 is 0 Å². The lowest BCUT2D eigenvalue weighted by molar-refractivity contribution is -0.152. The van der Waals surface area contributed by atoms with Gasteiger partial charge in [-0.3, -0.25) is 9.59 Å². The van der Waals surface area contributed by atoms with Crippen molar-refractivity contribution < 1.29 is 19.1 Å². The molecule has 0 saturated carbocycles. The molecule has 0 unspecified atom stereocenters. The van der Waals surface area contributed by atoms with Crippen LogP contribution in [0.1, 0.15) is 25.0 Å². The number of carbonyl (C=O) groups excluding carboxylic acids is 2. The van der Waals surface area contributed by atoms with Crippen LogP contribution < -0.4 is 10.1 Å². The molecule has 1 N–H and O–H groups in total. The predicted octanol–water partition coefficient (Wildman–Crippen LogP) is 4.02. The van der Waals surface area contributed by atoms with Crippen molar-refractivity contribution in [2.45, 2.75) is 32.8 Å². The quantitative estimate of drug-likeness (QED) is 0.742. The van der Waals surface area contributed by atoms with Gasteiger partial charge in [0.1, 0.15) is 5.75 Å². The summed E-state index contributed by atoms with van der Waals surface area (Å²) in [6, 6.07) is 12.5. The van der Waals surface area contributed by atoms with Gasteiger partial charge < -0.3 is 14.8 Å². The van der Waals surface area contributed by atoms with Gasteiger partial charge in [0, 0.05) is 16.3 Å². The van der Waals surface area contributed by atoms with Gasteiger partial charge in [-0.1, -0.05) is 30.7 Å². The molecule has 0 aliphatic rings. The van der Waals surface area contributed by atoms with E-state index in [1.165, 1.54) is 19.6 Å². The van der Waals surface area contributed by atoms with Crippen LogP contribution in [0.15, 0.2) is 42.5 Å². The molecule has 0 heterocycles. The van der Waals surface area contributed by atoms with Crippen molar-refractivity contribution in [1.82, 2.24) is 0 Å². The zero-order valence-corrected chi connectivity index (χ0v) is 15.8. The van der Waals surface area contributed by atoms with Crippen molar-refractivity contribution >= 4 is 29.2 Å². The van der Waals surface area contributed by atoms with Crippen molar-refractivity contribution in [3.63, 3.8) is 0 Å². The van der Waals surface area contributed by atoms with E-state index in [-0.39, 0.29) is 12.3 Å². The minimum Gasteiger partial charge on any atom is -0.496 e. The number of benzene rings is 2. The Labute approximate surface area is 158 Å². The van der Waals surface area contributed by atoms with Crippen LogP contribution in [0.4, 0.5) is 5.69 Å². The second-order valence-corrected chi connectivity index (χ2v) is 6.24. The average molecular weight is 376 g/mol. The van der Waals surface area contributed by atoms with E-state index in [0.717, 1.165) is 6.42 Å².